The van der Waals surface area contributed by atoms with Crippen molar-refractivity contribution in [2.45, 2.75) is 9.79 Å². The molecular weight excluding hydrogens is 410 g/mol. The average Bonchev–Trinajstić information content (AvgIpc) is 2.61. The van der Waals surface area contributed by atoms with Crippen LogP contribution < -0.4 is 9.86 Å². The van der Waals surface area contributed by atoms with E-state index in [4.69, 9.17) is 5.14 Å². The highest BCUT2D eigenvalue weighted by molar-refractivity contribution is 7.93. The van der Waals surface area contributed by atoms with Crippen LogP contribution in [0, 0.1) is 11.6 Å². The van der Waals surface area contributed by atoms with Crippen LogP contribution in [-0.4, -0.2) is 16.8 Å². The molecule has 0 aliphatic heterocycles. The highest BCUT2D eigenvalue weighted by Gasteiger charge is 2.20. The van der Waals surface area contributed by atoms with Gasteiger partial charge < -0.3 is 0 Å². The molecule has 6 nitrogen and oxygen atoms in total. The van der Waals surface area contributed by atoms with Crippen LogP contribution in [0.1, 0.15) is 1.43 Å². The maximum Gasteiger partial charge on any atom is 0.261 e. The summed E-state index contributed by atoms with van der Waals surface area (Å²) in [4.78, 5) is -0.628. The van der Waals surface area contributed by atoms with Gasteiger partial charge in [0, 0.05) is 13.1 Å². The third kappa shape index (κ3) is 4.19. The molecule has 0 saturated carbocycles. The Morgan fingerprint density at radius 3 is 2.25 bits per heavy atom. The largest absolute Gasteiger partial charge is 0.278 e. The Morgan fingerprint density at radius 2 is 1.57 bits per heavy atom. The van der Waals surface area contributed by atoms with Crippen molar-refractivity contribution < 1.29 is 27.0 Å². The van der Waals surface area contributed by atoms with E-state index in [0.717, 1.165) is 12.1 Å². The van der Waals surface area contributed by atoms with Crippen LogP contribution in [0.4, 0.5) is 14.5 Å². The molecule has 0 radical (unpaired) electrons. The fraction of sp³-hybridized carbons (Fsp3) is 0. The minimum atomic E-state index is -4.21. The van der Waals surface area contributed by atoms with Gasteiger partial charge in [-0.15, -0.1) is 0 Å². The molecule has 0 amide bonds. The standard InChI is InChI=1S/C18H14F2N2O4S2.H2/c19-13-8-9-15(16(20)11-13)12-4-3-5-14(10-12)28(25,26)22-17-6-1-2-7-18(17)27(21,23)24;/h1-11,22H,(H2,21,23,24);1H. The third-order valence-corrected chi connectivity index (χ3v) is 6.16. The highest BCUT2D eigenvalue weighted by Crippen LogP contribution is 2.28. The molecule has 3 aromatic carbocycles. The maximum absolute atomic E-state index is 14.0. The molecule has 0 spiro atoms. The van der Waals surface area contributed by atoms with E-state index in [1.54, 1.807) is 0 Å². The molecule has 3 rings (SSSR count). The van der Waals surface area contributed by atoms with Gasteiger partial charge >= 0.3 is 0 Å². The van der Waals surface area contributed by atoms with Gasteiger partial charge in [0.25, 0.3) is 10.0 Å². The number of rotatable bonds is 5. The number of sulfonamides is 2. The number of anilines is 1. The van der Waals surface area contributed by atoms with E-state index in [2.05, 4.69) is 4.72 Å². The Hall–Kier alpha value is -2.82. The lowest BCUT2D eigenvalue weighted by Crippen LogP contribution is -2.18. The number of halogens is 2. The number of primary sulfonamides is 1. The van der Waals surface area contributed by atoms with E-state index in [1.807, 2.05) is 0 Å². The molecule has 3 N–H and O–H groups in total. The molecule has 0 saturated heterocycles. The first-order valence-corrected chi connectivity index (χ1v) is 10.8. The lowest BCUT2D eigenvalue weighted by atomic mass is 10.1. The first-order valence-electron chi connectivity index (χ1n) is 7.78. The second-order valence-electron chi connectivity index (χ2n) is 5.80. The van der Waals surface area contributed by atoms with Gasteiger partial charge in [-0.3, -0.25) is 4.72 Å². The molecule has 3 aromatic rings. The van der Waals surface area contributed by atoms with E-state index in [9.17, 15) is 25.6 Å². The first kappa shape index (κ1) is 19.9. The Balaban J connectivity index is 0.00000300. The Labute approximate surface area is 162 Å². The van der Waals surface area contributed by atoms with Crippen molar-refractivity contribution in [3.63, 3.8) is 0 Å². The molecular formula is C18H16F2N2O4S2. The van der Waals surface area contributed by atoms with Gasteiger partial charge in [0.2, 0.25) is 10.0 Å². The van der Waals surface area contributed by atoms with E-state index >= 15 is 0 Å². The molecule has 0 aliphatic rings. The summed E-state index contributed by atoms with van der Waals surface area (Å²) in [7, 11) is -8.38. The van der Waals surface area contributed by atoms with Crippen molar-refractivity contribution in [3.8, 4) is 11.1 Å². The van der Waals surface area contributed by atoms with Crippen LogP contribution in [0.2, 0.25) is 0 Å². The van der Waals surface area contributed by atoms with Gasteiger partial charge in [0.15, 0.2) is 0 Å². The average molecular weight is 426 g/mol. The normalized spacial score (nSPS) is 12.0. The summed E-state index contributed by atoms with van der Waals surface area (Å²) in [5.41, 5.74) is 0.00635. The van der Waals surface area contributed by atoms with Crippen LogP contribution in [0.15, 0.2) is 76.5 Å². The van der Waals surface area contributed by atoms with E-state index in [1.165, 1.54) is 48.5 Å². The van der Waals surface area contributed by atoms with Crippen molar-refractivity contribution >= 4 is 25.7 Å². The minimum Gasteiger partial charge on any atom is -0.278 e. The lowest BCUT2D eigenvalue weighted by molar-refractivity contribution is 0.585. The van der Waals surface area contributed by atoms with Crippen molar-refractivity contribution in [1.29, 1.82) is 0 Å². The van der Waals surface area contributed by atoms with E-state index in [-0.39, 0.29) is 28.0 Å². The summed E-state index contributed by atoms with van der Waals surface area (Å²) in [6.45, 7) is 0. The number of nitrogens with two attached hydrogens (primary N) is 1. The summed E-state index contributed by atoms with van der Waals surface area (Å²) < 4.78 is 78.0. The number of hydrogen-bond acceptors (Lipinski definition) is 4. The zero-order valence-corrected chi connectivity index (χ0v) is 15.8. The first-order chi connectivity index (χ1) is 13.1. The van der Waals surface area contributed by atoms with Gasteiger partial charge in [0.1, 0.15) is 16.5 Å². The SMILES string of the molecule is NS(=O)(=O)c1ccccc1NS(=O)(=O)c1cccc(-c2ccc(F)cc2F)c1.[HH]. The zero-order valence-electron chi connectivity index (χ0n) is 14.1. The van der Waals surface area contributed by atoms with Crippen molar-refractivity contribution in [1.82, 2.24) is 0 Å². The molecule has 0 atom stereocenters. The fourth-order valence-electron chi connectivity index (χ4n) is 2.56. The van der Waals surface area contributed by atoms with Gasteiger partial charge in [0.05, 0.1) is 10.6 Å². The van der Waals surface area contributed by atoms with Crippen molar-refractivity contribution in [2.75, 3.05) is 4.72 Å². The quantitative estimate of drug-likeness (QED) is 0.653. The van der Waals surface area contributed by atoms with Crippen molar-refractivity contribution in [2.24, 2.45) is 5.14 Å². The maximum atomic E-state index is 14.0. The summed E-state index contributed by atoms with van der Waals surface area (Å²) in [6.07, 6.45) is 0. The van der Waals surface area contributed by atoms with E-state index < -0.39 is 31.7 Å². The second kappa shape index (κ2) is 7.30. The Bertz CT molecular complexity index is 1270. The predicted molar refractivity (Wildman–Crippen MR) is 103 cm³/mol. The predicted octanol–water partition coefficient (Wildman–Crippen LogP) is 3.33. The van der Waals surface area contributed by atoms with Crippen molar-refractivity contribution in [3.05, 3.63) is 78.4 Å². The van der Waals surface area contributed by atoms with Gasteiger partial charge in [-0.2, -0.15) is 0 Å². The van der Waals surface area contributed by atoms with E-state index in [0.29, 0.717) is 6.07 Å². The second-order valence-corrected chi connectivity index (χ2v) is 9.01. The Kier molecular flexibility index (Phi) is 5.20. The molecule has 0 heterocycles. The number of benzene rings is 3. The number of hydrogen-bond donors (Lipinski definition) is 2. The fourth-order valence-corrected chi connectivity index (χ4v) is 4.44. The Morgan fingerprint density at radius 1 is 0.857 bits per heavy atom. The molecule has 0 aromatic heterocycles. The van der Waals surface area contributed by atoms with Crippen LogP contribution in [-0.2, 0) is 20.0 Å². The van der Waals surface area contributed by atoms with Crippen LogP contribution >= 0.6 is 0 Å². The molecule has 0 fully saturated rings. The summed E-state index contributed by atoms with van der Waals surface area (Å²) in [6, 6.07) is 13.5. The van der Waals surface area contributed by atoms with Crippen LogP contribution in [0.3, 0.4) is 0 Å². The summed E-state index contributed by atoms with van der Waals surface area (Å²) in [5.74, 6) is -1.60. The molecule has 0 bridgehead atoms. The van der Waals surface area contributed by atoms with Gasteiger partial charge in [-0.05, 0) is 42.0 Å². The summed E-state index contributed by atoms with van der Waals surface area (Å²) >= 11 is 0. The monoisotopic (exact) mass is 426 g/mol. The minimum absolute atomic E-state index is 0. The van der Waals surface area contributed by atoms with Gasteiger partial charge in [-0.25, -0.2) is 30.8 Å². The molecule has 10 heteroatoms. The molecule has 148 valence electrons. The van der Waals surface area contributed by atoms with Gasteiger partial charge in [-0.1, -0.05) is 24.3 Å². The molecule has 0 unspecified atom stereocenters. The number of para-hydroxylation sites is 1. The summed E-state index contributed by atoms with van der Waals surface area (Å²) in [5, 5.41) is 5.11. The molecule has 0 aliphatic carbocycles. The third-order valence-electron chi connectivity index (χ3n) is 3.82. The number of nitrogens with one attached hydrogen (secondary N) is 1. The topological polar surface area (TPSA) is 106 Å². The van der Waals surface area contributed by atoms with Crippen LogP contribution in [0.25, 0.3) is 11.1 Å². The lowest BCUT2D eigenvalue weighted by Gasteiger charge is -2.12. The van der Waals surface area contributed by atoms with Crippen LogP contribution in [0.5, 0.6) is 0 Å². The highest BCUT2D eigenvalue weighted by atomic mass is 32.2. The molecule has 28 heavy (non-hydrogen) atoms. The zero-order chi connectivity index (χ0) is 20.5. The smallest absolute Gasteiger partial charge is 0.261 e.